The second kappa shape index (κ2) is 10.2. The van der Waals surface area contributed by atoms with Gasteiger partial charge in [0.05, 0.1) is 5.56 Å². The second-order valence-corrected chi connectivity index (χ2v) is 6.04. The van der Waals surface area contributed by atoms with Crippen molar-refractivity contribution in [2.45, 2.75) is 13.8 Å². The summed E-state index contributed by atoms with van der Waals surface area (Å²) in [7, 11) is 0. The van der Waals surface area contributed by atoms with Crippen LogP contribution < -0.4 is 9.47 Å². The molecule has 0 saturated carbocycles. The molecule has 6 nitrogen and oxygen atoms in total. The van der Waals surface area contributed by atoms with Crippen LogP contribution in [0.25, 0.3) is 0 Å². The highest BCUT2D eigenvalue weighted by molar-refractivity contribution is 6.02. The van der Waals surface area contributed by atoms with Gasteiger partial charge in [0, 0.05) is 25.5 Å². The Hall–Kier alpha value is -3.28. The van der Waals surface area contributed by atoms with E-state index in [9.17, 15) is 0 Å². The second-order valence-electron chi connectivity index (χ2n) is 6.04. The molecule has 146 valence electrons. The van der Waals surface area contributed by atoms with Crippen LogP contribution in [0.2, 0.25) is 0 Å². The summed E-state index contributed by atoms with van der Waals surface area (Å²) in [6.07, 6.45) is 5.38. The Bertz CT molecular complexity index is 859. The molecular weight excluding hydrogens is 352 g/mol. The van der Waals surface area contributed by atoms with E-state index in [-0.39, 0.29) is 0 Å². The van der Waals surface area contributed by atoms with Gasteiger partial charge in [-0.25, -0.2) is 4.98 Å². The normalized spacial score (nSPS) is 11.3. The monoisotopic (exact) mass is 378 g/mol. The third-order valence-electron chi connectivity index (χ3n) is 4.20. The number of rotatable bonds is 9. The predicted octanol–water partition coefficient (Wildman–Crippen LogP) is 3.89. The number of hydrogen-bond donors (Lipinski definition) is 0. The van der Waals surface area contributed by atoms with Gasteiger partial charge in [-0.2, -0.15) is 5.10 Å². The standard InChI is InChI=1S/C22H26N4O2/c1-3-26(4-2)24-22(25-15-14-23-18-25)20-12-8-9-13-21(20)28-17-16-27-19-10-6-5-7-11-19/h5-15,18H,3-4,16-17H2,1-2H3. The average molecular weight is 378 g/mol. The zero-order valence-corrected chi connectivity index (χ0v) is 16.4. The number of ether oxygens (including phenoxy) is 2. The first-order chi connectivity index (χ1) is 13.8. The summed E-state index contributed by atoms with van der Waals surface area (Å²) in [4.78, 5) is 4.17. The van der Waals surface area contributed by atoms with Crippen molar-refractivity contribution in [3.63, 3.8) is 0 Å². The van der Waals surface area contributed by atoms with Crippen molar-refractivity contribution < 1.29 is 9.47 Å². The van der Waals surface area contributed by atoms with Crippen LogP contribution in [-0.4, -0.2) is 46.7 Å². The Morgan fingerprint density at radius 2 is 1.68 bits per heavy atom. The van der Waals surface area contributed by atoms with Gasteiger partial charge in [-0.05, 0) is 38.1 Å². The zero-order valence-electron chi connectivity index (χ0n) is 16.4. The predicted molar refractivity (Wildman–Crippen MR) is 111 cm³/mol. The Morgan fingerprint density at radius 3 is 2.39 bits per heavy atom. The lowest BCUT2D eigenvalue weighted by atomic mass is 10.2. The van der Waals surface area contributed by atoms with Gasteiger partial charge in [0.25, 0.3) is 0 Å². The van der Waals surface area contributed by atoms with Crippen LogP contribution in [0, 0.1) is 0 Å². The molecule has 6 heteroatoms. The molecule has 0 N–H and O–H groups in total. The summed E-state index contributed by atoms with van der Waals surface area (Å²) in [6, 6.07) is 17.6. The molecule has 0 unspecified atom stereocenters. The number of hydrogen-bond acceptors (Lipinski definition) is 5. The Labute approximate surface area is 166 Å². The maximum atomic E-state index is 6.03. The van der Waals surface area contributed by atoms with Gasteiger partial charge in [0.15, 0.2) is 5.84 Å². The highest BCUT2D eigenvalue weighted by Gasteiger charge is 2.14. The molecule has 0 fully saturated rings. The largest absolute Gasteiger partial charge is 0.490 e. The molecule has 0 spiro atoms. The summed E-state index contributed by atoms with van der Waals surface area (Å²) in [6.45, 7) is 6.72. The van der Waals surface area contributed by atoms with Crippen molar-refractivity contribution in [1.82, 2.24) is 14.6 Å². The molecule has 3 aromatic rings. The van der Waals surface area contributed by atoms with Gasteiger partial charge >= 0.3 is 0 Å². The van der Waals surface area contributed by atoms with E-state index >= 15 is 0 Å². The van der Waals surface area contributed by atoms with E-state index in [4.69, 9.17) is 14.6 Å². The average Bonchev–Trinajstić information content (AvgIpc) is 3.28. The zero-order chi connectivity index (χ0) is 19.6. The lowest BCUT2D eigenvalue weighted by molar-refractivity contribution is 0.217. The molecule has 1 heterocycles. The topological polar surface area (TPSA) is 51.9 Å². The first-order valence-electron chi connectivity index (χ1n) is 9.53. The minimum atomic E-state index is 0.439. The minimum Gasteiger partial charge on any atom is -0.490 e. The molecule has 0 saturated heterocycles. The van der Waals surface area contributed by atoms with E-state index in [0.29, 0.717) is 13.2 Å². The summed E-state index contributed by atoms with van der Waals surface area (Å²) in [5.41, 5.74) is 0.909. The lowest BCUT2D eigenvalue weighted by Crippen LogP contribution is -2.23. The van der Waals surface area contributed by atoms with E-state index in [1.807, 2.05) is 70.4 Å². The first-order valence-corrected chi connectivity index (χ1v) is 9.53. The van der Waals surface area contributed by atoms with Crippen molar-refractivity contribution in [2.24, 2.45) is 5.10 Å². The van der Waals surface area contributed by atoms with Crippen LogP contribution in [0.1, 0.15) is 19.4 Å². The summed E-state index contributed by atoms with van der Waals surface area (Å²) < 4.78 is 13.7. The number of nitrogens with zero attached hydrogens (tertiary/aromatic N) is 4. The number of benzene rings is 2. The minimum absolute atomic E-state index is 0.439. The third kappa shape index (κ3) is 5.13. The van der Waals surface area contributed by atoms with Gasteiger partial charge in [-0.15, -0.1) is 0 Å². The van der Waals surface area contributed by atoms with Gasteiger partial charge in [-0.1, -0.05) is 30.3 Å². The molecule has 0 amide bonds. The quantitative estimate of drug-likeness (QED) is 0.245. The van der Waals surface area contributed by atoms with Crippen molar-refractivity contribution in [3.05, 3.63) is 78.9 Å². The highest BCUT2D eigenvalue weighted by atomic mass is 16.5. The maximum Gasteiger partial charge on any atom is 0.169 e. The van der Waals surface area contributed by atoms with Gasteiger partial charge in [0.1, 0.15) is 31.0 Å². The van der Waals surface area contributed by atoms with Crippen molar-refractivity contribution in [1.29, 1.82) is 0 Å². The smallest absolute Gasteiger partial charge is 0.169 e. The number of para-hydroxylation sites is 2. The molecule has 28 heavy (non-hydrogen) atoms. The summed E-state index contributed by atoms with van der Waals surface area (Å²) >= 11 is 0. The molecule has 0 bridgehead atoms. The maximum absolute atomic E-state index is 6.03. The summed E-state index contributed by atoms with van der Waals surface area (Å²) in [5, 5.41) is 6.83. The van der Waals surface area contributed by atoms with Crippen LogP contribution >= 0.6 is 0 Å². The number of aromatic nitrogens is 2. The van der Waals surface area contributed by atoms with Gasteiger partial charge < -0.3 is 9.47 Å². The summed E-state index contributed by atoms with van der Waals surface area (Å²) in [5.74, 6) is 2.38. The lowest BCUT2D eigenvalue weighted by Gasteiger charge is -2.19. The van der Waals surface area contributed by atoms with E-state index in [0.717, 1.165) is 36.0 Å². The van der Waals surface area contributed by atoms with Crippen molar-refractivity contribution in [3.8, 4) is 11.5 Å². The first kappa shape index (κ1) is 19.5. The van der Waals surface area contributed by atoms with Crippen LogP contribution in [0.4, 0.5) is 0 Å². The van der Waals surface area contributed by atoms with Crippen molar-refractivity contribution >= 4 is 5.84 Å². The molecule has 0 aliphatic carbocycles. The number of imidazole rings is 1. The van der Waals surface area contributed by atoms with E-state index in [2.05, 4.69) is 18.8 Å². The highest BCUT2D eigenvalue weighted by Crippen LogP contribution is 2.20. The fraction of sp³-hybridized carbons (Fsp3) is 0.273. The molecule has 0 aliphatic rings. The molecule has 1 aromatic heterocycles. The Kier molecular flexibility index (Phi) is 7.07. The van der Waals surface area contributed by atoms with Crippen LogP contribution in [0.5, 0.6) is 11.5 Å². The van der Waals surface area contributed by atoms with Crippen LogP contribution in [-0.2, 0) is 0 Å². The molecule has 0 radical (unpaired) electrons. The fourth-order valence-electron chi connectivity index (χ4n) is 2.73. The van der Waals surface area contributed by atoms with E-state index in [1.54, 1.807) is 12.5 Å². The SMILES string of the molecule is CCN(CC)N=C(c1ccccc1OCCOc1ccccc1)n1ccnc1. The van der Waals surface area contributed by atoms with Gasteiger partial charge in [0.2, 0.25) is 0 Å². The van der Waals surface area contributed by atoms with Crippen LogP contribution in [0.3, 0.4) is 0 Å². The molecular formula is C22H26N4O2. The van der Waals surface area contributed by atoms with Crippen molar-refractivity contribution in [2.75, 3.05) is 26.3 Å². The molecule has 0 atom stereocenters. The molecule has 0 aliphatic heterocycles. The number of hydrazone groups is 1. The Morgan fingerprint density at radius 1 is 0.964 bits per heavy atom. The molecule has 3 rings (SSSR count). The van der Waals surface area contributed by atoms with E-state index < -0.39 is 0 Å². The van der Waals surface area contributed by atoms with Crippen LogP contribution in [0.15, 0.2) is 78.4 Å². The molecule has 2 aromatic carbocycles. The van der Waals surface area contributed by atoms with E-state index in [1.165, 1.54) is 0 Å². The third-order valence-corrected chi connectivity index (χ3v) is 4.20. The van der Waals surface area contributed by atoms with Gasteiger partial charge in [-0.3, -0.25) is 9.58 Å². The fourth-order valence-corrected chi connectivity index (χ4v) is 2.73. The Balaban J connectivity index is 1.76.